The van der Waals surface area contributed by atoms with E-state index in [1.165, 1.54) is 88.7 Å². The van der Waals surface area contributed by atoms with Gasteiger partial charge in [-0.3, -0.25) is 0 Å². The van der Waals surface area contributed by atoms with E-state index in [-0.39, 0.29) is 32.5 Å². The van der Waals surface area contributed by atoms with Gasteiger partial charge in [0.1, 0.15) is 0 Å². The second-order valence-corrected chi connectivity index (χ2v) is 36.0. The fourth-order valence-corrected chi connectivity index (χ4v) is 18.9. The van der Waals surface area contributed by atoms with E-state index >= 15 is 0 Å². The van der Waals surface area contributed by atoms with Crippen LogP contribution in [0.2, 0.25) is 0 Å². The summed E-state index contributed by atoms with van der Waals surface area (Å²) in [6.07, 6.45) is 0. The van der Waals surface area contributed by atoms with Crippen LogP contribution in [0, 0.1) is 0 Å². The molecule has 0 unspecified atom stereocenters. The van der Waals surface area contributed by atoms with Crippen LogP contribution >= 0.6 is 0 Å². The zero-order valence-corrected chi connectivity index (χ0v) is 72.2. The summed E-state index contributed by atoms with van der Waals surface area (Å²) in [5.74, 6) is 6.11. The van der Waals surface area contributed by atoms with Gasteiger partial charge in [0.15, 0.2) is 52.4 Å². The van der Waals surface area contributed by atoms with Gasteiger partial charge >= 0.3 is 0 Å². The molecule has 0 N–H and O–H groups in total. The number of aromatic nitrogens is 9. The molecule has 18 aromatic rings. The number of nitrogens with zero attached hydrogens (tertiary/aromatic N) is 9. The zero-order valence-electron chi connectivity index (χ0n) is 72.2. The lowest BCUT2D eigenvalue weighted by Crippen LogP contribution is -2.44. The molecule has 3 aromatic heterocycles. The Balaban J connectivity index is 0.000000123. The predicted octanol–water partition coefficient (Wildman–Crippen LogP) is 28.8. The molecule has 0 aliphatic heterocycles. The Morgan fingerprint density at radius 3 is 0.831 bits per heavy atom. The molecule has 0 fully saturated rings. The molecule has 602 valence electrons. The van der Waals surface area contributed by atoms with Gasteiger partial charge in [0.05, 0.1) is 0 Å². The van der Waals surface area contributed by atoms with Crippen molar-refractivity contribution in [1.82, 2.24) is 44.9 Å². The van der Waals surface area contributed by atoms with E-state index in [2.05, 4.69) is 338 Å². The van der Waals surface area contributed by atoms with Gasteiger partial charge in [0.25, 0.3) is 0 Å². The Hall–Kier alpha value is -14.4. The lowest BCUT2D eigenvalue weighted by Gasteiger charge is -2.49. The van der Waals surface area contributed by atoms with Crippen molar-refractivity contribution < 1.29 is 0 Å². The van der Waals surface area contributed by atoms with Crippen molar-refractivity contribution in [2.24, 2.45) is 0 Å². The van der Waals surface area contributed by atoms with Crippen molar-refractivity contribution in [3.05, 3.63) is 403 Å². The molecule has 21 rings (SSSR count). The van der Waals surface area contributed by atoms with E-state index in [9.17, 15) is 0 Å². The second-order valence-electron chi connectivity index (χ2n) is 36.0. The maximum Gasteiger partial charge on any atom is 0.164 e. The second kappa shape index (κ2) is 31.6. The Kier molecular flexibility index (Phi) is 20.2. The van der Waals surface area contributed by atoms with E-state index in [4.69, 9.17) is 44.9 Å². The van der Waals surface area contributed by atoms with Crippen LogP contribution in [0.1, 0.15) is 116 Å². The Bertz CT molecular complexity index is 6980. The first-order chi connectivity index (χ1) is 60.0. The lowest BCUT2D eigenvalue weighted by molar-refractivity contribution is 0.299. The zero-order chi connectivity index (χ0) is 85.3. The van der Waals surface area contributed by atoms with Gasteiger partial charge in [-0.25, -0.2) is 44.9 Å². The molecule has 3 heterocycles. The molecule has 3 aliphatic carbocycles. The summed E-state index contributed by atoms with van der Waals surface area (Å²) >= 11 is 0. The van der Waals surface area contributed by atoms with Crippen LogP contribution in [0.25, 0.3) is 169 Å². The highest BCUT2D eigenvalue weighted by Gasteiger charge is 2.50. The van der Waals surface area contributed by atoms with Crippen LogP contribution in [0.15, 0.2) is 370 Å². The van der Waals surface area contributed by atoms with Crippen molar-refractivity contribution in [3.63, 3.8) is 0 Å². The third-order valence-corrected chi connectivity index (χ3v) is 27.7. The number of benzene rings is 15. The van der Waals surface area contributed by atoms with Gasteiger partial charge in [-0.05, 0) is 134 Å². The standard InChI is InChI=1S/C45H37N3.C37H31N3.C33H29N3/c1-44(2)38-27-14-13-25-37(38)40-35(26-16-28-39(40)45(44,3)4)33-22-15-21-32(29-33)34-23-11-12-24-36(34)43-47-41(30-17-7-5-8-18-30)46-42(48-43)31-19-9-6-10-20-31;1-36(2)31-20-11-10-17-28(31)29-18-12-19-30(32(29)37(36,3)4)35-39-33(25-14-6-5-7-15-25)38-34(40-35)27-22-21-24-13-8-9-16-26(24)23-27;1-32(2)27-21-12-11-18-24(27)25-19-13-20-26(28(25)33(32,3)4)31-35-29(22-14-7-5-8-15-22)34-30(36-31)23-16-9-6-10-17-23/h5-29H,1-4H3;5-23H,1-4H3;5-21H,1-4H3. The highest BCUT2D eigenvalue weighted by atomic mass is 15.1. The van der Waals surface area contributed by atoms with Gasteiger partial charge in [0, 0.05) is 60.9 Å². The van der Waals surface area contributed by atoms with Crippen molar-refractivity contribution in [1.29, 1.82) is 0 Å². The SMILES string of the molecule is CC1(C)c2ccccc2-c2c(-c3cccc(-c4ccccc4-c4nc(-c5ccccc5)nc(-c5ccccc5)n4)c3)cccc2C1(C)C.CC1(C)c2ccccc2-c2cccc(-c3nc(-c4ccccc4)nc(-c4ccc5ccccc5c4)n3)c2C1(C)C.CC1(C)c2ccccc2-c2cccc(-c3nc(-c4ccccc4)nc(-c4ccccc4)n3)c2C1(C)C. The molecule has 9 heteroatoms. The molecule has 0 saturated heterocycles. The lowest BCUT2D eigenvalue weighted by atomic mass is 9.54. The molecular weight excluding hydrogens is 1510 g/mol. The maximum absolute atomic E-state index is 5.16. The molecule has 15 aromatic carbocycles. The van der Waals surface area contributed by atoms with E-state index in [1.54, 1.807) is 0 Å². The summed E-state index contributed by atoms with van der Waals surface area (Å²) in [6.45, 7) is 28.4. The summed E-state index contributed by atoms with van der Waals surface area (Å²) in [5, 5.41) is 2.36. The first-order valence-corrected chi connectivity index (χ1v) is 43.0. The van der Waals surface area contributed by atoms with Gasteiger partial charge < -0.3 is 0 Å². The number of fused-ring (bicyclic) bond motifs is 10. The molecule has 3 aliphatic rings. The smallest absolute Gasteiger partial charge is 0.164 e. The molecule has 0 spiro atoms. The van der Waals surface area contributed by atoms with Crippen molar-refractivity contribution >= 4 is 10.8 Å². The molecular formula is C115H97N9. The van der Waals surface area contributed by atoms with Crippen LogP contribution in [0.3, 0.4) is 0 Å². The maximum atomic E-state index is 5.16. The van der Waals surface area contributed by atoms with Crippen molar-refractivity contribution in [3.8, 4) is 158 Å². The Labute approximate surface area is 728 Å². The number of hydrogen-bond acceptors (Lipinski definition) is 9. The minimum absolute atomic E-state index is 0.0161. The van der Waals surface area contributed by atoms with Gasteiger partial charge in [-0.1, -0.05) is 441 Å². The normalized spacial score (nSPS) is 14.7. The van der Waals surface area contributed by atoms with E-state index in [0.717, 1.165) is 61.2 Å². The minimum Gasteiger partial charge on any atom is -0.208 e. The average Bonchev–Trinajstić information content (AvgIpc) is 0.713. The molecule has 0 radical (unpaired) electrons. The monoisotopic (exact) mass is 1600 g/mol. The van der Waals surface area contributed by atoms with E-state index in [1.807, 2.05) is 115 Å². The average molecular weight is 1610 g/mol. The highest BCUT2D eigenvalue weighted by Crippen LogP contribution is 2.60. The first-order valence-electron chi connectivity index (χ1n) is 43.0. The number of rotatable bonds is 11. The van der Waals surface area contributed by atoms with Crippen LogP contribution in [-0.2, 0) is 32.5 Å². The number of hydrogen-bond donors (Lipinski definition) is 0. The fraction of sp³-hybridized carbons (Fsp3) is 0.157. The fourth-order valence-electron chi connectivity index (χ4n) is 18.9. The van der Waals surface area contributed by atoms with Gasteiger partial charge in [-0.2, -0.15) is 0 Å². The largest absolute Gasteiger partial charge is 0.208 e. The van der Waals surface area contributed by atoms with Crippen molar-refractivity contribution in [2.75, 3.05) is 0 Å². The van der Waals surface area contributed by atoms with E-state index < -0.39 is 0 Å². The van der Waals surface area contributed by atoms with Crippen molar-refractivity contribution in [2.45, 2.75) is 116 Å². The molecule has 0 amide bonds. The van der Waals surface area contributed by atoms with Gasteiger partial charge in [-0.15, -0.1) is 0 Å². The summed E-state index contributed by atoms with van der Waals surface area (Å²) in [4.78, 5) is 45.3. The van der Waals surface area contributed by atoms with Gasteiger partial charge in [0.2, 0.25) is 0 Å². The molecule has 0 bridgehead atoms. The Morgan fingerprint density at radius 2 is 0.403 bits per heavy atom. The summed E-state index contributed by atoms with van der Waals surface area (Å²) in [6, 6.07) is 129. The molecule has 9 nitrogen and oxygen atoms in total. The summed E-state index contributed by atoms with van der Waals surface area (Å²) in [7, 11) is 0. The quantitative estimate of drug-likeness (QED) is 0.125. The summed E-state index contributed by atoms with van der Waals surface area (Å²) in [5.41, 5.74) is 28.9. The van der Waals surface area contributed by atoms with Crippen LogP contribution in [0.4, 0.5) is 0 Å². The molecule has 0 saturated carbocycles. The van der Waals surface area contributed by atoms with Crippen LogP contribution < -0.4 is 0 Å². The highest BCUT2D eigenvalue weighted by molar-refractivity contribution is 5.94. The van der Waals surface area contributed by atoms with Crippen LogP contribution in [-0.4, -0.2) is 44.9 Å². The van der Waals surface area contributed by atoms with E-state index in [0.29, 0.717) is 52.4 Å². The summed E-state index contributed by atoms with van der Waals surface area (Å²) < 4.78 is 0. The Morgan fingerprint density at radius 1 is 0.145 bits per heavy atom. The molecule has 0 atom stereocenters. The third-order valence-electron chi connectivity index (χ3n) is 27.7. The first kappa shape index (κ1) is 79.4. The predicted molar refractivity (Wildman–Crippen MR) is 511 cm³/mol. The van der Waals surface area contributed by atoms with Crippen LogP contribution in [0.5, 0.6) is 0 Å². The third kappa shape index (κ3) is 13.9. The molecule has 124 heavy (non-hydrogen) atoms. The minimum atomic E-state index is -0.171. The topological polar surface area (TPSA) is 116 Å².